The van der Waals surface area contributed by atoms with Crippen molar-refractivity contribution in [2.24, 2.45) is 0 Å². The van der Waals surface area contributed by atoms with Crippen molar-refractivity contribution in [3.63, 3.8) is 0 Å². The summed E-state index contributed by atoms with van der Waals surface area (Å²) in [6.45, 7) is 0.902. The number of benzene rings is 1. The van der Waals surface area contributed by atoms with Gasteiger partial charge >= 0.3 is 0 Å². The van der Waals surface area contributed by atoms with Gasteiger partial charge in [-0.3, -0.25) is 0 Å². The average molecular weight is 329 g/mol. The molecule has 1 heterocycles. The van der Waals surface area contributed by atoms with Crippen LogP contribution < -0.4 is 10.6 Å². The molecular formula is C18H21ClN4. The van der Waals surface area contributed by atoms with E-state index in [0.29, 0.717) is 11.0 Å². The third-order valence-corrected chi connectivity index (χ3v) is 4.11. The van der Waals surface area contributed by atoms with Crippen LogP contribution in [0, 0.1) is 0 Å². The molecule has 0 fully saturated rings. The molecule has 1 aromatic carbocycles. The molecule has 3 rings (SSSR count). The number of halogens is 1. The highest BCUT2D eigenvalue weighted by Crippen LogP contribution is 2.21. The zero-order valence-electron chi connectivity index (χ0n) is 13.1. The fourth-order valence-electron chi connectivity index (χ4n) is 2.70. The third kappa shape index (κ3) is 4.96. The summed E-state index contributed by atoms with van der Waals surface area (Å²) in [5.74, 6) is 1.40. The Labute approximate surface area is 142 Å². The lowest BCUT2D eigenvalue weighted by Gasteiger charge is -2.13. The van der Waals surface area contributed by atoms with E-state index in [1.54, 1.807) is 11.8 Å². The van der Waals surface area contributed by atoms with Gasteiger partial charge in [0.05, 0.1) is 0 Å². The van der Waals surface area contributed by atoms with Crippen molar-refractivity contribution in [3.8, 4) is 0 Å². The topological polar surface area (TPSA) is 49.8 Å². The monoisotopic (exact) mass is 328 g/mol. The second-order valence-electron chi connectivity index (χ2n) is 5.69. The number of hydrogen-bond donors (Lipinski definition) is 2. The first-order valence-corrected chi connectivity index (χ1v) is 8.45. The largest absolute Gasteiger partial charge is 0.370 e. The highest BCUT2D eigenvalue weighted by molar-refractivity contribution is 6.30. The Morgan fingerprint density at radius 1 is 1.17 bits per heavy atom. The van der Waals surface area contributed by atoms with Gasteiger partial charge in [-0.1, -0.05) is 29.3 Å². The van der Waals surface area contributed by atoms with Crippen LogP contribution in [0.3, 0.4) is 0 Å². The lowest BCUT2D eigenvalue weighted by molar-refractivity contribution is 0.679. The fourth-order valence-corrected chi connectivity index (χ4v) is 2.89. The van der Waals surface area contributed by atoms with Crippen LogP contribution in [0.4, 0.5) is 17.5 Å². The number of nitrogens with zero attached hydrogens (tertiary/aromatic N) is 2. The fraction of sp³-hybridized carbons (Fsp3) is 0.333. The molecule has 0 atom stereocenters. The van der Waals surface area contributed by atoms with Gasteiger partial charge in [-0.2, -0.15) is 4.98 Å². The molecule has 0 bridgehead atoms. The van der Waals surface area contributed by atoms with E-state index in [1.165, 1.54) is 25.7 Å². The number of aromatic nitrogens is 2. The van der Waals surface area contributed by atoms with E-state index in [0.717, 1.165) is 24.5 Å². The summed E-state index contributed by atoms with van der Waals surface area (Å²) in [6, 6.07) is 9.40. The maximum Gasteiger partial charge on any atom is 0.229 e. The first-order chi connectivity index (χ1) is 11.3. The molecule has 0 spiro atoms. The third-order valence-electron chi connectivity index (χ3n) is 3.87. The van der Waals surface area contributed by atoms with Gasteiger partial charge in [0.15, 0.2) is 0 Å². The van der Waals surface area contributed by atoms with Crippen LogP contribution in [-0.4, -0.2) is 16.5 Å². The maximum absolute atomic E-state index is 5.99. The van der Waals surface area contributed by atoms with Crippen LogP contribution in [0.5, 0.6) is 0 Å². The average Bonchev–Trinajstić information content (AvgIpc) is 2.56. The number of nitrogens with one attached hydrogen (secondary N) is 2. The number of anilines is 3. The Bertz CT molecular complexity index is 684. The van der Waals surface area contributed by atoms with Crippen molar-refractivity contribution < 1.29 is 0 Å². The molecule has 2 aromatic rings. The predicted molar refractivity (Wildman–Crippen MR) is 96.4 cm³/mol. The van der Waals surface area contributed by atoms with Gasteiger partial charge in [-0.05, 0) is 56.4 Å². The minimum Gasteiger partial charge on any atom is -0.370 e. The summed E-state index contributed by atoms with van der Waals surface area (Å²) in [4.78, 5) is 8.73. The standard InChI is InChI=1S/C18H21ClN4/c19-15-7-4-8-16(13-15)22-18-21-12-10-17(23-18)20-11-9-14-5-2-1-3-6-14/h4-5,7-8,10,12-13H,1-3,6,9,11H2,(H2,20,21,22,23). The smallest absolute Gasteiger partial charge is 0.229 e. The Morgan fingerprint density at radius 2 is 2.13 bits per heavy atom. The van der Waals surface area contributed by atoms with Gasteiger partial charge in [0.25, 0.3) is 0 Å². The molecule has 5 heteroatoms. The van der Waals surface area contributed by atoms with Crippen LogP contribution in [0.2, 0.25) is 5.02 Å². The second kappa shape index (κ2) is 7.97. The molecule has 0 amide bonds. The van der Waals surface area contributed by atoms with Crippen LogP contribution in [-0.2, 0) is 0 Å². The van der Waals surface area contributed by atoms with Gasteiger partial charge in [0.1, 0.15) is 5.82 Å². The Kier molecular flexibility index (Phi) is 5.48. The highest BCUT2D eigenvalue weighted by atomic mass is 35.5. The molecule has 120 valence electrons. The quantitative estimate of drug-likeness (QED) is 0.718. The number of hydrogen-bond acceptors (Lipinski definition) is 4. The van der Waals surface area contributed by atoms with E-state index in [2.05, 4.69) is 26.7 Å². The van der Waals surface area contributed by atoms with E-state index in [1.807, 2.05) is 30.3 Å². The SMILES string of the molecule is Clc1cccc(Nc2nccc(NCCC3=CCCCC3)n2)c1. The summed E-state index contributed by atoms with van der Waals surface area (Å²) < 4.78 is 0. The zero-order valence-corrected chi connectivity index (χ0v) is 13.8. The van der Waals surface area contributed by atoms with E-state index < -0.39 is 0 Å². The molecule has 0 saturated heterocycles. The summed E-state index contributed by atoms with van der Waals surface area (Å²) in [7, 11) is 0. The van der Waals surface area contributed by atoms with Crippen molar-refractivity contribution in [1.82, 2.24) is 9.97 Å². The normalized spacial score (nSPS) is 14.2. The molecule has 1 aliphatic carbocycles. The Morgan fingerprint density at radius 3 is 2.96 bits per heavy atom. The molecule has 0 aliphatic heterocycles. The van der Waals surface area contributed by atoms with Gasteiger partial charge < -0.3 is 10.6 Å². The van der Waals surface area contributed by atoms with Gasteiger partial charge in [-0.25, -0.2) is 4.98 Å². The first kappa shape index (κ1) is 15.8. The van der Waals surface area contributed by atoms with Crippen LogP contribution in [0.25, 0.3) is 0 Å². The predicted octanol–water partition coefficient (Wildman–Crippen LogP) is 5.18. The van der Waals surface area contributed by atoms with Crippen molar-refractivity contribution in [2.45, 2.75) is 32.1 Å². The molecule has 0 unspecified atom stereocenters. The van der Waals surface area contributed by atoms with E-state index >= 15 is 0 Å². The summed E-state index contributed by atoms with van der Waals surface area (Å²) >= 11 is 5.99. The Balaban J connectivity index is 1.55. The molecular weight excluding hydrogens is 308 g/mol. The minimum absolute atomic E-state index is 0.564. The lowest BCUT2D eigenvalue weighted by atomic mass is 9.97. The van der Waals surface area contributed by atoms with Crippen LogP contribution in [0.1, 0.15) is 32.1 Å². The van der Waals surface area contributed by atoms with Gasteiger partial charge in [-0.15, -0.1) is 0 Å². The van der Waals surface area contributed by atoms with E-state index in [9.17, 15) is 0 Å². The van der Waals surface area contributed by atoms with Crippen molar-refractivity contribution in [2.75, 3.05) is 17.2 Å². The molecule has 0 saturated carbocycles. The molecule has 23 heavy (non-hydrogen) atoms. The van der Waals surface area contributed by atoms with Crippen LogP contribution in [0.15, 0.2) is 48.2 Å². The van der Waals surface area contributed by atoms with Gasteiger partial charge in [0, 0.05) is 23.5 Å². The molecule has 1 aromatic heterocycles. The Hall–Kier alpha value is -2.07. The minimum atomic E-state index is 0.564. The first-order valence-electron chi connectivity index (χ1n) is 8.07. The molecule has 1 aliphatic rings. The molecule has 0 radical (unpaired) electrons. The molecule has 4 nitrogen and oxygen atoms in total. The van der Waals surface area contributed by atoms with Crippen molar-refractivity contribution in [1.29, 1.82) is 0 Å². The lowest BCUT2D eigenvalue weighted by Crippen LogP contribution is -2.07. The van der Waals surface area contributed by atoms with E-state index in [-0.39, 0.29) is 0 Å². The number of rotatable bonds is 6. The van der Waals surface area contributed by atoms with E-state index in [4.69, 9.17) is 11.6 Å². The summed E-state index contributed by atoms with van der Waals surface area (Å²) in [5.41, 5.74) is 2.44. The van der Waals surface area contributed by atoms with Crippen molar-refractivity contribution >= 4 is 29.1 Å². The molecule has 2 N–H and O–H groups in total. The highest BCUT2D eigenvalue weighted by Gasteiger charge is 2.04. The second-order valence-corrected chi connectivity index (χ2v) is 6.12. The number of allylic oxidation sites excluding steroid dienone is 1. The van der Waals surface area contributed by atoms with Gasteiger partial charge in [0.2, 0.25) is 5.95 Å². The summed E-state index contributed by atoms with van der Waals surface area (Å²) in [6.07, 6.45) is 10.4. The van der Waals surface area contributed by atoms with Crippen LogP contribution >= 0.6 is 11.6 Å². The summed E-state index contributed by atoms with van der Waals surface area (Å²) in [5, 5.41) is 7.22. The maximum atomic E-state index is 5.99. The van der Waals surface area contributed by atoms with Crippen molar-refractivity contribution in [3.05, 3.63) is 53.2 Å². The zero-order chi connectivity index (χ0) is 15.9.